The van der Waals surface area contributed by atoms with Gasteiger partial charge in [-0.1, -0.05) is 52.3 Å². The molecule has 2 aromatic carbocycles. The Morgan fingerprint density at radius 2 is 1.81 bits per heavy atom. The summed E-state index contributed by atoms with van der Waals surface area (Å²) in [5, 5.41) is 4.76. The van der Waals surface area contributed by atoms with E-state index in [1.807, 2.05) is 12.3 Å². The van der Waals surface area contributed by atoms with Gasteiger partial charge in [0.15, 0.2) is 0 Å². The summed E-state index contributed by atoms with van der Waals surface area (Å²) in [5.74, 6) is 0. The van der Waals surface area contributed by atoms with E-state index in [1.54, 1.807) is 0 Å². The van der Waals surface area contributed by atoms with Gasteiger partial charge in [-0.05, 0) is 36.2 Å². The highest BCUT2D eigenvalue weighted by molar-refractivity contribution is 9.10. The molecular formula is C18H17BrN2. The first-order valence-electron chi connectivity index (χ1n) is 7.05. The van der Waals surface area contributed by atoms with Crippen molar-refractivity contribution < 1.29 is 0 Å². The molecule has 0 amide bonds. The summed E-state index contributed by atoms with van der Waals surface area (Å²) in [7, 11) is 0. The van der Waals surface area contributed by atoms with E-state index in [0.29, 0.717) is 6.04 Å². The summed E-state index contributed by atoms with van der Waals surface area (Å²) in [5.41, 5.74) is 3.60. The van der Waals surface area contributed by atoms with Gasteiger partial charge in [0.1, 0.15) is 0 Å². The van der Waals surface area contributed by atoms with Crippen LogP contribution < -0.4 is 5.32 Å². The van der Waals surface area contributed by atoms with Crippen molar-refractivity contribution in [2.45, 2.75) is 19.5 Å². The van der Waals surface area contributed by atoms with E-state index in [-0.39, 0.29) is 0 Å². The Kier molecular flexibility index (Phi) is 4.32. The van der Waals surface area contributed by atoms with Crippen LogP contribution in [0.15, 0.2) is 65.3 Å². The van der Waals surface area contributed by atoms with Crippen molar-refractivity contribution >= 4 is 26.8 Å². The molecule has 3 rings (SSSR count). The van der Waals surface area contributed by atoms with Crippen LogP contribution in [0.1, 0.15) is 24.1 Å². The smallest absolute Gasteiger partial charge is 0.0746 e. The zero-order valence-electron chi connectivity index (χ0n) is 11.9. The second-order valence-corrected chi connectivity index (χ2v) is 6.06. The van der Waals surface area contributed by atoms with E-state index < -0.39 is 0 Å². The number of nitrogens with one attached hydrogen (secondary N) is 1. The average Bonchev–Trinajstić information content (AvgIpc) is 2.53. The van der Waals surface area contributed by atoms with Gasteiger partial charge in [-0.3, -0.25) is 4.98 Å². The molecular weight excluding hydrogens is 324 g/mol. The third-order valence-corrected chi connectivity index (χ3v) is 4.21. The zero-order valence-corrected chi connectivity index (χ0v) is 13.5. The van der Waals surface area contributed by atoms with Crippen molar-refractivity contribution in [1.29, 1.82) is 0 Å². The molecule has 0 saturated carbocycles. The minimum Gasteiger partial charge on any atom is -0.306 e. The van der Waals surface area contributed by atoms with E-state index in [1.165, 1.54) is 16.5 Å². The number of fused-ring (bicyclic) bond motifs is 1. The van der Waals surface area contributed by atoms with Crippen LogP contribution in [0, 0.1) is 0 Å². The fourth-order valence-corrected chi connectivity index (χ4v) is 2.71. The van der Waals surface area contributed by atoms with Crippen molar-refractivity contribution in [3.05, 3.63) is 76.4 Å². The average molecular weight is 341 g/mol. The summed E-state index contributed by atoms with van der Waals surface area (Å²) < 4.78 is 1.11. The van der Waals surface area contributed by atoms with Crippen molar-refractivity contribution in [2.24, 2.45) is 0 Å². The van der Waals surface area contributed by atoms with Gasteiger partial charge < -0.3 is 5.32 Å². The zero-order chi connectivity index (χ0) is 14.7. The summed E-state index contributed by atoms with van der Waals surface area (Å²) in [6, 6.07) is 19.1. The van der Waals surface area contributed by atoms with Gasteiger partial charge >= 0.3 is 0 Å². The molecule has 0 fully saturated rings. The molecule has 0 aliphatic rings. The number of rotatable bonds is 4. The SMILES string of the molecule is C[C@H](NCc1cccc2cccnc12)c1ccc(Br)cc1. The van der Waals surface area contributed by atoms with Crippen LogP contribution in [-0.2, 0) is 6.54 Å². The number of para-hydroxylation sites is 1. The Morgan fingerprint density at radius 3 is 2.62 bits per heavy atom. The Balaban J connectivity index is 1.76. The van der Waals surface area contributed by atoms with Crippen molar-refractivity contribution in [1.82, 2.24) is 10.3 Å². The molecule has 0 spiro atoms. The number of benzene rings is 2. The molecule has 0 aliphatic carbocycles. The molecule has 0 bridgehead atoms. The van der Waals surface area contributed by atoms with Crippen LogP contribution in [0.2, 0.25) is 0 Å². The van der Waals surface area contributed by atoms with Crippen LogP contribution in [0.5, 0.6) is 0 Å². The van der Waals surface area contributed by atoms with Crippen LogP contribution in [0.25, 0.3) is 10.9 Å². The van der Waals surface area contributed by atoms with E-state index in [9.17, 15) is 0 Å². The monoisotopic (exact) mass is 340 g/mol. The summed E-state index contributed by atoms with van der Waals surface area (Å²) in [6.45, 7) is 2.99. The highest BCUT2D eigenvalue weighted by Crippen LogP contribution is 2.19. The molecule has 1 N–H and O–H groups in total. The van der Waals surface area contributed by atoms with Gasteiger partial charge in [0.05, 0.1) is 5.52 Å². The normalized spacial score (nSPS) is 12.5. The minimum absolute atomic E-state index is 0.303. The molecule has 3 aromatic rings. The van der Waals surface area contributed by atoms with Crippen LogP contribution in [0.3, 0.4) is 0 Å². The number of pyridine rings is 1. The van der Waals surface area contributed by atoms with E-state index >= 15 is 0 Å². The molecule has 1 atom stereocenters. The summed E-state index contributed by atoms with van der Waals surface area (Å²) >= 11 is 3.47. The number of hydrogen-bond acceptors (Lipinski definition) is 2. The second-order valence-electron chi connectivity index (χ2n) is 5.15. The maximum atomic E-state index is 4.50. The summed E-state index contributed by atoms with van der Waals surface area (Å²) in [4.78, 5) is 4.50. The fraction of sp³-hybridized carbons (Fsp3) is 0.167. The largest absolute Gasteiger partial charge is 0.306 e. The highest BCUT2D eigenvalue weighted by atomic mass is 79.9. The maximum absolute atomic E-state index is 4.50. The second kappa shape index (κ2) is 6.37. The third kappa shape index (κ3) is 3.31. The predicted molar refractivity (Wildman–Crippen MR) is 91.1 cm³/mol. The molecule has 3 heteroatoms. The Bertz CT molecular complexity index is 732. The van der Waals surface area contributed by atoms with Gasteiger partial charge in [-0.25, -0.2) is 0 Å². The topological polar surface area (TPSA) is 24.9 Å². The number of nitrogens with zero attached hydrogens (tertiary/aromatic N) is 1. The van der Waals surface area contributed by atoms with E-state index in [4.69, 9.17) is 0 Å². The lowest BCUT2D eigenvalue weighted by atomic mass is 10.1. The number of halogens is 1. The lowest BCUT2D eigenvalue weighted by Crippen LogP contribution is -2.18. The molecule has 0 unspecified atom stereocenters. The first-order chi connectivity index (χ1) is 10.2. The van der Waals surface area contributed by atoms with Crippen molar-refractivity contribution in [2.75, 3.05) is 0 Å². The molecule has 2 nitrogen and oxygen atoms in total. The molecule has 21 heavy (non-hydrogen) atoms. The minimum atomic E-state index is 0.303. The van der Waals surface area contributed by atoms with Gasteiger partial charge in [0, 0.05) is 28.6 Å². The first kappa shape index (κ1) is 14.2. The summed E-state index contributed by atoms with van der Waals surface area (Å²) in [6.07, 6.45) is 1.85. The quantitative estimate of drug-likeness (QED) is 0.734. The third-order valence-electron chi connectivity index (χ3n) is 3.68. The van der Waals surface area contributed by atoms with E-state index in [0.717, 1.165) is 16.5 Å². The number of hydrogen-bond donors (Lipinski definition) is 1. The lowest BCUT2D eigenvalue weighted by Gasteiger charge is -2.15. The molecule has 106 valence electrons. The fourth-order valence-electron chi connectivity index (χ4n) is 2.44. The Hall–Kier alpha value is -1.71. The van der Waals surface area contributed by atoms with Gasteiger partial charge in [0.25, 0.3) is 0 Å². The van der Waals surface area contributed by atoms with Gasteiger partial charge in [-0.2, -0.15) is 0 Å². The Morgan fingerprint density at radius 1 is 1.05 bits per heavy atom. The molecule has 0 radical (unpaired) electrons. The van der Waals surface area contributed by atoms with Crippen LogP contribution in [-0.4, -0.2) is 4.98 Å². The van der Waals surface area contributed by atoms with E-state index in [2.05, 4.69) is 81.7 Å². The van der Waals surface area contributed by atoms with Crippen LogP contribution in [0.4, 0.5) is 0 Å². The van der Waals surface area contributed by atoms with Gasteiger partial charge in [0.2, 0.25) is 0 Å². The highest BCUT2D eigenvalue weighted by Gasteiger charge is 2.06. The molecule has 1 aromatic heterocycles. The first-order valence-corrected chi connectivity index (χ1v) is 7.85. The number of aromatic nitrogens is 1. The van der Waals surface area contributed by atoms with Crippen molar-refractivity contribution in [3.8, 4) is 0 Å². The molecule has 1 heterocycles. The Labute approximate surface area is 133 Å². The maximum Gasteiger partial charge on any atom is 0.0746 e. The molecule has 0 saturated heterocycles. The lowest BCUT2D eigenvalue weighted by molar-refractivity contribution is 0.576. The van der Waals surface area contributed by atoms with Crippen LogP contribution >= 0.6 is 15.9 Å². The van der Waals surface area contributed by atoms with Gasteiger partial charge in [-0.15, -0.1) is 0 Å². The van der Waals surface area contributed by atoms with Crippen molar-refractivity contribution in [3.63, 3.8) is 0 Å². The standard InChI is InChI=1S/C18H17BrN2/c1-13(14-7-9-17(19)10-8-14)21-12-16-5-2-4-15-6-3-11-20-18(15)16/h2-11,13,21H,12H2,1H3/t13-/m0/s1. The predicted octanol–water partition coefficient (Wildman–Crippen LogP) is 4.85. The molecule has 0 aliphatic heterocycles.